The second kappa shape index (κ2) is 7.90. The average Bonchev–Trinajstić information content (AvgIpc) is 2.50. The number of carbonyl (C=O) groups excluding carboxylic acids is 1. The van der Waals surface area contributed by atoms with Crippen LogP contribution in [0.3, 0.4) is 0 Å². The summed E-state index contributed by atoms with van der Waals surface area (Å²) in [5, 5.41) is 3.49. The van der Waals surface area contributed by atoms with Crippen molar-refractivity contribution in [2.45, 2.75) is 52.6 Å². The van der Waals surface area contributed by atoms with E-state index in [2.05, 4.69) is 24.1 Å². The SMILES string of the molecule is CC(C)CCC[C@H](C)NC(=O)Cn1cnc2ccccc2c1=O. The normalized spacial score (nSPS) is 12.5. The van der Waals surface area contributed by atoms with Crippen LogP contribution in [-0.2, 0) is 11.3 Å². The van der Waals surface area contributed by atoms with E-state index in [-0.39, 0.29) is 24.1 Å². The van der Waals surface area contributed by atoms with Gasteiger partial charge in [0, 0.05) is 6.04 Å². The Labute approximate surface area is 136 Å². The highest BCUT2D eigenvalue weighted by molar-refractivity contribution is 5.78. The summed E-state index contributed by atoms with van der Waals surface area (Å²) in [6, 6.07) is 7.27. The smallest absolute Gasteiger partial charge is 0.261 e. The number of para-hydroxylation sites is 1. The molecule has 0 saturated carbocycles. The van der Waals surface area contributed by atoms with E-state index in [0.29, 0.717) is 16.8 Å². The molecule has 0 spiro atoms. The van der Waals surface area contributed by atoms with Crippen molar-refractivity contribution in [2.24, 2.45) is 5.92 Å². The lowest BCUT2D eigenvalue weighted by molar-refractivity contribution is -0.122. The number of nitrogens with one attached hydrogen (secondary N) is 1. The highest BCUT2D eigenvalue weighted by Crippen LogP contribution is 2.08. The van der Waals surface area contributed by atoms with Crippen molar-refractivity contribution in [2.75, 3.05) is 0 Å². The van der Waals surface area contributed by atoms with E-state index in [1.165, 1.54) is 10.9 Å². The van der Waals surface area contributed by atoms with Crippen LogP contribution in [0.1, 0.15) is 40.0 Å². The summed E-state index contributed by atoms with van der Waals surface area (Å²) < 4.78 is 1.36. The fraction of sp³-hybridized carbons (Fsp3) is 0.500. The molecule has 0 aliphatic carbocycles. The molecule has 0 saturated heterocycles. The van der Waals surface area contributed by atoms with Crippen LogP contribution in [-0.4, -0.2) is 21.5 Å². The third kappa shape index (κ3) is 4.91. The molecule has 2 rings (SSSR count). The van der Waals surface area contributed by atoms with Gasteiger partial charge in [-0.2, -0.15) is 0 Å². The molecule has 0 aliphatic heterocycles. The topological polar surface area (TPSA) is 64.0 Å². The predicted molar refractivity (Wildman–Crippen MR) is 92.3 cm³/mol. The quantitative estimate of drug-likeness (QED) is 0.854. The third-order valence-corrected chi connectivity index (χ3v) is 3.87. The monoisotopic (exact) mass is 315 g/mol. The van der Waals surface area contributed by atoms with Crippen LogP contribution >= 0.6 is 0 Å². The lowest BCUT2D eigenvalue weighted by Crippen LogP contribution is -2.37. The van der Waals surface area contributed by atoms with Crippen molar-refractivity contribution in [3.8, 4) is 0 Å². The molecule has 1 aromatic heterocycles. The van der Waals surface area contributed by atoms with Crippen LogP contribution in [0.15, 0.2) is 35.4 Å². The first-order valence-electron chi connectivity index (χ1n) is 8.21. The molecule has 0 radical (unpaired) electrons. The van der Waals surface area contributed by atoms with Crippen LogP contribution in [0.25, 0.3) is 10.9 Å². The molecule has 1 aromatic carbocycles. The molecule has 1 amide bonds. The maximum absolute atomic E-state index is 12.3. The van der Waals surface area contributed by atoms with E-state index in [9.17, 15) is 9.59 Å². The summed E-state index contributed by atoms with van der Waals surface area (Å²) in [6.45, 7) is 6.40. The number of nitrogens with zero attached hydrogens (tertiary/aromatic N) is 2. The number of fused-ring (bicyclic) bond motifs is 1. The molecule has 124 valence electrons. The number of aromatic nitrogens is 2. The van der Waals surface area contributed by atoms with Crippen molar-refractivity contribution in [1.82, 2.24) is 14.9 Å². The van der Waals surface area contributed by atoms with Crippen molar-refractivity contribution < 1.29 is 4.79 Å². The van der Waals surface area contributed by atoms with Crippen LogP contribution in [0.4, 0.5) is 0 Å². The van der Waals surface area contributed by atoms with Gasteiger partial charge in [-0.05, 0) is 31.4 Å². The molecule has 1 heterocycles. The summed E-state index contributed by atoms with van der Waals surface area (Å²) in [4.78, 5) is 28.7. The zero-order chi connectivity index (χ0) is 16.8. The maximum Gasteiger partial charge on any atom is 0.261 e. The molecular formula is C18H25N3O2. The number of hydrogen-bond donors (Lipinski definition) is 1. The molecule has 23 heavy (non-hydrogen) atoms. The van der Waals surface area contributed by atoms with E-state index < -0.39 is 0 Å². The Hall–Kier alpha value is -2.17. The summed E-state index contributed by atoms with van der Waals surface area (Å²) >= 11 is 0. The van der Waals surface area contributed by atoms with Gasteiger partial charge in [0.1, 0.15) is 6.54 Å². The van der Waals surface area contributed by atoms with Crippen LogP contribution < -0.4 is 10.9 Å². The van der Waals surface area contributed by atoms with E-state index in [1.54, 1.807) is 18.2 Å². The maximum atomic E-state index is 12.3. The molecule has 0 aliphatic rings. The van der Waals surface area contributed by atoms with Gasteiger partial charge < -0.3 is 5.32 Å². The van der Waals surface area contributed by atoms with E-state index in [4.69, 9.17) is 0 Å². The van der Waals surface area contributed by atoms with Gasteiger partial charge in [-0.25, -0.2) is 4.98 Å². The summed E-state index contributed by atoms with van der Waals surface area (Å²) in [6.07, 6.45) is 4.65. The Morgan fingerprint density at radius 1 is 1.22 bits per heavy atom. The molecular weight excluding hydrogens is 290 g/mol. The Morgan fingerprint density at radius 3 is 2.70 bits per heavy atom. The molecule has 1 atom stereocenters. The Kier molecular flexibility index (Phi) is 5.90. The van der Waals surface area contributed by atoms with Gasteiger partial charge in [-0.3, -0.25) is 14.2 Å². The van der Waals surface area contributed by atoms with Gasteiger partial charge in [-0.1, -0.05) is 38.8 Å². The number of benzene rings is 1. The lowest BCUT2D eigenvalue weighted by atomic mass is 10.0. The van der Waals surface area contributed by atoms with E-state index >= 15 is 0 Å². The first-order chi connectivity index (χ1) is 11.0. The summed E-state index contributed by atoms with van der Waals surface area (Å²) in [5.41, 5.74) is 0.467. The Balaban J connectivity index is 1.95. The summed E-state index contributed by atoms with van der Waals surface area (Å²) in [7, 11) is 0. The molecule has 1 N–H and O–H groups in total. The average molecular weight is 315 g/mol. The van der Waals surface area contributed by atoms with Crippen LogP contribution in [0, 0.1) is 5.92 Å². The third-order valence-electron chi connectivity index (χ3n) is 3.87. The number of amides is 1. The standard InChI is InChI=1S/C18H25N3O2/c1-13(2)7-6-8-14(3)20-17(22)11-21-12-19-16-10-5-4-9-15(16)18(21)23/h4-5,9-10,12-14H,6-8,11H2,1-3H3,(H,20,22)/t14-/m0/s1. The molecule has 5 heteroatoms. The molecule has 0 fully saturated rings. The van der Waals surface area contributed by atoms with Crippen molar-refractivity contribution in [3.63, 3.8) is 0 Å². The molecule has 0 bridgehead atoms. The minimum atomic E-state index is -0.182. The zero-order valence-electron chi connectivity index (χ0n) is 14.1. The number of rotatable bonds is 7. The lowest BCUT2D eigenvalue weighted by Gasteiger charge is -2.15. The van der Waals surface area contributed by atoms with Gasteiger partial charge in [-0.15, -0.1) is 0 Å². The first kappa shape index (κ1) is 17.2. The summed E-state index contributed by atoms with van der Waals surface area (Å²) in [5.74, 6) is 0.529. The fourth-order valence-electron chi connectivity index (χ4n) is 2.60. The van der Waals surface area contributed by atoms with E-state index in [1.807, 2.05) is 13.0 Å². The van der Waals surface area contributed by atoms with Crippen molar-refractivity contribution in [1.29, 1.82) is 0 Å². The molecule has 5 nitrogen and oxygen atoms in total. The van der Waals surface area contributed by atoms with Gasteiger partial charge in [0.2, 0.25) is 5.91 Å². The largest absolute Gasteiger partial charge is 0.352 e. The zero-order valence-corrected chi connectivity index (χ0v) is 14.1. The molecule has 2 aromatic rings. The van der Waals surface area contributed by atoms with Crippen LogP contribution in [0.2, 0.25) is 0 Å². The minimum absolute atomic E-state index is 0.00515. The van der Waals surface area contributed by atoms with Crippen molar-refractivity contribution in [3.05, 3.63) is 40.9 Å². The number of carbonyl (C=O) groups is 1. The predicted octanol–water partition coefficient (Wildman–Crippen LogP) is 2.73. The van der Waals surface area contributed by atoms with Crippen LogP contribution in [0.5, 0.6) is 0 Å². The first-order valence-corrected chi connectivity index (χ1v) is 8.21. The van der Waals surface area contributed by atoms with Gasteiger partial charge in [0.25, 0.3) is 5.56 Å². The minimum Gasteiger partial charge on any atom is -0.352 e. The Morgan fingerprint density at radius 2 is 1.96 bits per heavy atom. The number of hydrogen-bond acceptors (Lipinski definition) is 3. The second-order valence-electron chi connectivity index (χ2n) is 6.49. The van der Waals surface area contributed by atoms with Gasteiger partial charge in [0.05, 0.1) is 17.2 Å². The van der Waals surface area contributed by atoms with Gasteiger partial charge in [0.15, 0.2) is 0 Å². The highest BCUT2D eigenvalue weighted by Gasteiger charge is 2.10. The second-order valence-corrected chi connectivity index (χ2v) is 6.49. The Bertz CT molecular complexity index is 722. The fourth-order valence-corrected chi connectivity index (χ4v) is 2.60. The molecule has 0 unspecified atom stereocenters. The highest BCUT2D eigenvalue weighted by atomic mass is 16.2. The van der Waals surface area contributed by atoms with E-state index in [0.717, 1.165) is 19.3 Å². The van der Waals surface area contributed by atoms with Crippen molar-refractivity contribution >= 4 is 16.8 Å². The van der Waals surface area contributed by atoms with Gasteiger partial charge >= 0.3 is 0 Å².